The molecule has 172 valence electrons. The SMILES string of the molecule is Cc1cc(C)cc(-n2c3nc4ccccc4nc3c3c(=O)n(CCc4ccccc4)c(C)nc32)c1. The van der Waals surface area contributed by atoms with Crippen LogP contribution >= 0.6 is 0 Å². The highest BCUT2D eigenvalue weighted by molar-refractivity contribution is 6.05. The summed E-state index contributed by atoms with van der Waals surface area (Å²) in [7, 11) is 0. The predicted octanol–water partition coefficient (Wildman–Crippen LogP) is 5.45. The largest absolute Gasteiger partial charge is 0.296 e. The van der Waals surface area contributed by atoms with Gasteiger partial charge in [0, 0.05) is 12.2 Å². The minimum atomic E-state index is -0.0823. The molecule has 35 heavy (non-hydrogen) atoms. The number of aromatic nitrogens is 5. The molecule has 0 aliphatic rings. The van der Waals surface area contributed by atoms with Crippen molar-refractivity contribution < 1.29 is 0 Å². The quantitative estimate of drug-likeness (QED) is 0.352. The summed E-state index contributed by atoms with van der Waals surface area (Å²) in [5.74, 6) is 0.677. The topological polar surface area (TPSA) is 65.6 Å². The van der Waals surface area contributed by atoms with Crippen LogP contribution in [0.2, 0.25) is 0 Å². The Kier molecular flexibility index (Phi) is 4.95. The second-order valence-electron chi connectivity index (χ2n) is 9.12. The van der Waals surface area contributed by atoms with E-state index in [1.807, 2.05) is 54.0 Å². The van der Waals surface area contributed by atoms with Gasteiger partial charge in [0.15, 0.2) is 11.3 Å². The molecule has 0 radical (unpaired) electrons. The lowest BCUT2D eigenvalue weighted by atomic mass is 10.1. The fraction of sp³-hybridized carbons (Fsp3) is 0.172. The van der Waals surface area contributed by atoms with Crippen LogP contribution in [0.25, 0.3) is 38.9 Å². The van der Waals surface area contributed by atoms with E-state index in [-0.39, 0.29) is 5.56 Å². The maximum Gasteiger partial charge on any atom is 0.265 e. The van der Waals surface area contributed by atoms with Gasteiger partial charge in [0.2, 0.25) is 0 Å². The van der Waals surface area contributed by atoms with Crippen LogP contribution < -0.4 is 5.56 Å². The van der Waals surface area contributed by atoms with Crippen LogP contribution in [0, 0.1) is 20.8 Å². The van der Waals surface area contributed by atoms with E-state index in [9.17, 15) is 4.79 Å². The normalized spacial score (nSPS) is 11.6. The lowest BCUT2D eigenvalue weighted by molar-refractivity contribution is 0.637. The molecule has 0 amide bonds. The summed E-state index contributed by atoms with van der Waals surface area (Å²) in [4.78, 5) is 28.8. The molecule has 0 unspecified atom stereocenters. The zero-order valence-electron chi connectivity index (χ0n) is 20.0. The molecule has 6 rings (SSSR count). The number of hydrogen-bond acceptors (Lipinski definition) is 4. The average molecular weight is 460 g/mol. The van der Waals surface area contributed by atoms with Gasteiger partial charge in [0.1, 0.15) is 16.7 Å². The molecule has 6 nitrogen and oxygen atoms in total. The molecular weight excluding hydrogens is 434 g/mol. The van der Waals surface area contributed by atoms with Gasteiger partial charge in [-0.3, -0.25) is 13.9 Å². The number of para-hydroxylation sites is 2. The Morgan fingerprint density at radius 2 is 1.40 bits per heavy atom. The van der Waals surface area contributed by atoms with Gasteiger partial charge in [-0.15, -0.1) is 0 Å². The molecule has 0 aliphatic carbocycles. The van der Waals surface area contributed by atoms with Gasteiger partial charge in [-0.05, 0) is 68.1 Å². The summed E-state index contributed by atoms with van der Waals surface area (Å²) in [5, 5.41) is 0.510. The Labute approximate surface area is 202 Å². The third kappa shape index (κ3) is 3.58. The molecule has 6 heteroatoms. The number of fused-ring (bicyclic) bond motifs is 4. The average Bonchev–Trinajstić information content (AvgIpc) is 3.15. The smallest absolute Gasteiger partial charge is 0.265 e. The maximum absolute atomic E-state index is 13.9. The molecular formula is C29H25N5O. The standard InChI is InChI=1S/C29H25N5O/c1-18-15-19(2)17-22(16-18)34-27-25(26-28(34)32-24-12-8-7-11-23(24)31-26)29(35)33(20(3)30-27)14-13-21-9-5-4-6-10-21/h4-12,15-17H,13-14H2,1-3H3. The van der Waals surface area contributed by atoms with Gasteiger partial charge in [-0.1, -0.05) is 48.5 Å². The number of hydrogen-bond donors (Lipinski definition) is 0. The Morgan fingerprint density at radius 3 is 2.11 bits per heavy atom. The Morgan fingerprint density at radius 1 is 0.743 bits per heavy atom. The van der Waals surface area contributed by atoms with E-state index in [1.165, 1.54) is 5.56 Å². The highest BCUT2D eigenvalue weighted by atomic mass is 16.1. The minimum absolute atomic E-state index is 0.0823. The molecule has 3 heterocycles. The van der Waals surface area contributed by atoms with Crippen molar-refractivity contribution in [2.24, 2.45) is 0 Å². The first-order chi connectivity index (χ1) is 17.0. The van der Waals surface area contributed by atoms with Gasteiger partial charge in [-0.2, -0.15) is 0 Å². The van der Waals surface area contributed by atoms with Crippen molar-refractivity contribution in [1.82, 2.24) is 24.1 Å². The molecule has 0 saturated heterocycles. The monoisotopic (exact) mass is 459 g/mol. The molecule has 6 aromatic rings. The third-order valence-electron chi connectivity index (χ3n) is 6.49. The summed E-state index contributed by atoms with van der Waals surface area (Å²) in [5.41, 5.74) is 7.68. The van der Waals surface area contributed by atoms with E-state index in [4.69, 9.17) is 15.0 Å². The van der Waals surface area contributed by atoms with Crippen LogP contribution in [-0.2, 0) is 13.0 Å². The van der Waals surface area contributed by atoms with E-state index in [2.05, 4.69) is 44.2 Å². The molecule has 3 aromatic heterocycles. The molecule has 0 fully saturated rings. The van der Waals surface area contributed by atoms with E-state index >= 15 is 0 Å². The van der Waals surface area contributed by atoms with Crippen LogP contribution in [0.5, 0.6) is 0 Å². The highest BCUT2D eigenvalue weighted by Gasteiger charge is 2.22. The summed E-state index contributed by atoms with van der Waals surface area (Å²) in [6.45, 7) is 6.59. The lowest BCUT2D eigenvalue weighted by Gasteiger charge is -2.12. The fourth-order valence-corrected chi connectivity index (χ4v) is 4.90. The molecule has 0 aliphatic heterocycles. The Bertz CT molecular complexity index is 1780. The third-order valence-corrected chi connectivity index (χ3v) is 6.49. The molecule has 0 bridgehead atoms. The number of benzene rings is 3. The summed E-state index contributed by atoms with van der Waals surface area (Å²) in [6, 6.07) is 24.3. The van der Waals surface area contributed by atoms with Crippen molar-refractivity contribution in [2.45, 2.75) is 33.7 Å². The van der Waals surface area contributed by atoms with Crippen molar-refractivity contribution in [3.05, 3.63) is 106 Å². The van der Waals surface area contributed by atoms with Crippen molar-refractivity contribution in [3.63, 3.8) is 0 Å². The van der Waals surface area contributed by atoms with Crippen molar-refractivity contribution in [1.29, 1.82) is 0 Å². The van der Waals surface area contributed by atoms with Crippen LogP contribution in [0.3, 0.4) is 0 Å². The second-order valence-corrected chi connectivity index (χ2v) is 9.12. The van der Waals surface area contributed by atoms with Crippen LogP contribution in [-0.4, -0.2) is 24.1 Å². The van der Waals surface area contributed by atoms with Crippen molar-refractivity contribution in [2.75, 3.05) is 0 Å². The Hall–Kier alpha value is -4.32. The fourth-order valence-electron chi connectivity index (χ4n) is 4.90. The summed E-state index contributed by atoms with van der Waals surface area (Å²) >= 11 is 0. The van der Waals surface area contributed by atoms with Crippen molar-refractivity contribution >= 4 is 33.2 Å². The van der Waals surface area contributed by atoms with Gasteiger partial charge in [0.25, 0.3) is 5.56 Å². The van der Waals surface area contributed by atoms with E-state index in [0.717, 1.165) is 34.3 Å². The molecule has 0 spiro atoms. The van der Waals surface area contributed by atoms with Gasteiger partial charge >= 0.3 is 0 Å². The van der Waals surface area contributed by atoms with Crippen LogP contribution in [0.1, 0.15) is 22.5 Å². The number of aryl methyl sites for hydroxylation is 4. The maximum atomic E-state index is 13.9. The lowest BCUT2D eigenvalue weighted by Crippen LogP contribution is -2.25. The van der Waals surface area contributed by atoms with E-state index < -0.39 is 0 Å². The van der Waals surface area contributed by atoms with Crippen LogP contribution in [0.15, 0.2) is 77.6 Å². The van der Waals surface area contributed by atoms with E-state index in [1.54, 1.807) is 4.57 Å². The van der Waals surface area contributed by atoms with Gasteiger partial charge in [-0.25, -0.2) is 15.0 Å². The summed E-state index contributed by atoms with van der Waals surface area (Å²) < 4.78 is 3.75. The molecule has 3 aromatic carbocycles. The molecule has 0 N–H and O–H groups in total. The zero-order valence-corrected chi connectivity index (χ0v) is 20.0. The molecule has 0 saturated carbocycles. The number of rotatable bonds is 4. The van der Waals surface area contributed by atoms with Gasteiger partial charge in [0.05, 0.1) is 11.0 Å². The first-order valence-corrected chi connectivity index (χ1v) is 11.8. The Balaban J connectivity index is 1.67. The van der Waals surface area contributed by atoms with E-state index in [0.29, 0.717) is 34.6 Å². The minimum Gasteiger partial charge on any atom is -0.296 e. The van der Waals surface area contributed by atoms with Crippen LogP contribution in [0.4, 0.5) is 0 Å². The first kappa shape index (κ1) is 21.2. The second kappa shape index (κ2) is 8.17. The highest BCUT2D eigenvalue weighted by Crippen LogP contribution is 2.29. The first-order valence-electron chi connectivity index (χ1n) is 11.8. The zero-order chi connectivity index (χ0) is 24.1. The van der Waals surface area contributed by atoms with Crippen molar-refractivity contribution in [3.8, 4) is 5.69 Å². The summed E-state index contributed by atoms with van der Waals surface area (Å²) in [6.07, 6.45) is 0.749. The number of nitrogens with zero attached hydrogens (tertiary/aromatic N) is 5. The molecule has 0 atom stereocenters. The predicted molar refractivity (Wildman–Crippen MR) is 140 cm³/mol. The van der Waals surface area contributed by atoms with Gasteiger partial charge < -0.3 is 0 Å².